The van der Waals surface area contributed by atoms with Crippen LogP contribution in [0.4, 0.5) is 4.39 Å². The van der Waals surface area contributed by atoms with Crippen LogP contribution in [-0.2, 0) is 4.79 Å². The Balaban J connectivity index is 4.78. The number of alkyl halides is 1. The Bertz CT molecular complexity index is 257. The summed E-state index contributed by atoms with van der Waals surface area (Å²) in [4.78, 5) is 11.1. The lowest BCUT2D eigenvalue weighted by molar-refractivity contribution is -0.124. The molecule has 0 saturated heterocycles. The fourth-order valence-corrected chi connectivity index (χ4v) is 2.03. The third kappa shape index (κ3) is 5.09. The van der Waals surface area contributed by atoms with Gasteiger partial charge in [0.05, 0.1) is 12.1 Å². The summed E-state index contributed by atoms with van der Waals surface area (Å²) in [5.74, 6) is -1.36. The molecule has 108 valence electrons. The number of carbonyl (C=O) groups excluding carboxylic acids is 1. The Morgan fingerprint density at radius 1 is 1.33 bits per heavy atom. The molecule has 1 amide bonds. The Labute approximate surface area is 111 Å². The summed E-state index contributed by atoms with van der Waals surface area (Å²) in [5.41, 5.74) is 0. The number of halogens is 1. The van der Waals surface area contributed by atoms with Crippen molar-refractivity contribution in [1.29, 1.82) is 0 Å². The van der Waals surface area contributed by atoms with Crippen LogP contribution in [0.2, 0.25) is 0 Å². The van der Waals surface area contributed by atoms with Crippen molar-refractivity contribution in [1.82, 2.24) is 5.32 Å². The van der Waals surface area contributed by atoms with Crippen LogP contribution in [0.25, 0.3) is 0 Å². The number of nitrogens with one attached hydrogen (secondary N) is 1. The Kier molecular flexibility index (Phi) is 8.51. The van der Waals surface area contributed by atoms with Gasteiger partial charge in [-0.1, -0.05) is 13.8 Å². The highest BCUT2D eigenvalue weighted by Crippen LogP contribution is 2.18. The van der Waals surface area contributed by atoms with E-state index >= 15 is 0 Å². The van der Waals surface area contributed by atoms with Gasteiger partial charge in [-0.05, 0) is 6.26 Å². The molecule has 0 aliphatic carbocycles. The Hall–Kier alpha value is -0.370. The molecule has 0 aliphatic rings. The zero-order valence-corrected chi connectivity index (χ0v) is 11.7. The number of carbonyl (C=O) groups is 1. The highest BCUT2D eigenvalue weighted by Gasteiger charge is 2.34. The monoisotopic (exact) mass is 283 g/mol. The molecule has 0 radical (unpaired) electrons. The van der Waals surface area contributed by atoms with Crippen molar-refractivity contribution < 1.29 is 24.5 Å². The minimum atomic E-state index is -1.26. The van der Waals surface area contributed by atoms with Gasteiger partial charge in [0.2, 0.25) is 0 Å². The zero-order chi connectivity index (χ0) is 14.3. The molecule has 0 rings (SSSR count). The van der Waals surface area contributed by atoms with Crippen molar-refractivity contribution in [3.05, 3.63) is 0 Å². The lowest BCUT2D eigenvalue weighted by Crippen LogP contribution is -2.55. The van der Waals surface area contributed by atoms with Crippen molar-refractivity contribution in [3.63, 3.8) is 0 Å². The lowest BCUT2D eigenvalue weighted by atomic mass is 9.94. The van der Waals surface area contributed by atoms with Crippen molar-refractivity contribution in [2.45, 2.75) is 37.3 Å². The maximum absolute atomic E-state index is 12.2. The average Bonchev–Trinajstić information content (AvgIpc) is 2.40. The number of amides is 1. The average molecular weight is 283 g/mol. The van der Waals surface area contributed by atoms with E-state index in [4.69, 9.17) is 5.11 Å². The van der Waals surface area contributed by atoms with E-state index in [1.54, 1.807) is 20.1 Å². The van der Waals surface area contributed by atoms with Gasteiger partial charge in [-0.2, -0.15) is 11.8 Å². The third-order valence-corrected chi connectivity index (χ3v) is 3.95. The van der Waals surface area contributed by atoms with Crippen LogP contribution in [0.1, 0.15) is 13.8 Å². The van der Waals surface area contributed by atoms with E-state index in [2.05, 4.69) is 5.32 Å². The predicted octanol–water partition coefficient (Wildman–Crippen LogP) is -0.458. The second kappa shape index (κ2) is 8.68. The van der Waals surface area contributed by atoms with E-state index in [0.717, 1.165) is 0 Å². The summed E-state index contributed by atoms with van der Waals surface area (Å²) >= 11 is 1.38. The van der Waals surface area contributed by atoms with E-state index in [-0.39, 0.29) is 11.9 Å². The molecule has 0 aromatic rings. The number of hydrogen-bond acceptors (Lipinski definition) is 5. The van der Waals surface area contributed by atoms with Gasteiger partial charge < -0.3 is 20.6 Å². The molecule has 4 N–H and O–H groups in total. The molecule has 18 heavy (non-hydrogen) atoms. The number of rotatable bonds is 8. The summed E-state index contributed by atoms with van der Waals surface area (Å²) in [6.45, 7) is 1.88. The summed E-state index contributed by atoms with van der Waals surface area (Å²) in [6.07, 6.45) is -0.659. The first-order valence-electron chi connectivity index (χ1n) is 5.74. The Morgan fingerprint density at radius 2 is 1.89 bits per heavy atom. The molecule has 5 atom stereocenters. The van der Waals surface area contributed by atoms with Crippen LogP contribution >= 0.6 is 11.8 Å². The van der Waals surface area contributed by atoms with Gasteiger partial charge in [-0.15, -0.1) is 0 Å². The fourth-order valence-electron chi connectivity index (χ4n) is 1.51. The van der Waals surface area contributed by atoms with E-state index in [0.29, 0.717) is 0 Å². The van der Waals surface area contributed by atoms with Crippen LogP contribution < -0.4 is 5.32 Å². The normalized spacial score (nSPS) is 19.7. The van der Waals surface area contributed by atoms with E-state index < -0.39 is 36.7 Å². The number of aliphatic hydroxyl groups is 3. The molecule has 0 saturated carbocycles. The predicted molar refractivity (Wildman–Crippen MR) is 69.1 cm³/mol. The maximum atomic E-state index is 12.2. The second-order valence-corrected chi connectivity index (χ2v) is 5.52. The van der Waals surface area contributed by atoms with Gasteiger partial charge in [-0.3, -0.25) is 4.79 Å². The molecule has 0 fully saturated rings. The second-order valence-electron chi connectivity index (χ2n) is 4.31. The van der Waals surface area contributed by atoms with Crippen LogP contribution in [0.3, 0.4) is 0 Å². The lowest BCUT2D eigenvalue weighted by Gasteiger charge is -2.33. The van der Waals surface area contributed by atoms with Gasteiger partial charge in [0.15, 0.2) is 6.67 Å². The van der Waals surface area contributed by atoms with E-state index in [1.165, 1.54) is 11.8 Å². The van der Waals surface area contributed by atoms with Gasteiger partial charge in [0.25, 0.3) is 5.91 Å². The molecule has 0 aromatic heterocycles. The maximum Gasteiger partial charge on any atom is 0.251 e. The van der Waals surface area contributed by atoms with Crippen LogP contribution in [0.15, 0.2) is 0 Å². The number of hydrogen-bond donors (Lipinski definition) is 4. The summed E-state index contributed by atoms with van der Waals surface area (Å²) in [5, 5.41) is 30.9. The van der Waals surface area contributed by atoms with Crippen LogP contribution in [0, 0.1) is 5.92 Å². The highest BCUT2D eigenvalue weighted by atomic mass is 32.2. The highest BCUT2D eigenvalue weighted by molar-refractivity contribution is 7.99. The molecule has 0 heterocycles. The molecule has 7 heteroatoms. The minimum Gasteiger partial charge on any atom is -0.396 e. The first-order valence-corrected chi connectivity index (χ1v) is 7.02. The van der Waals surface area contributed by atoms with Crippen molar-refractivity contribution in [2.75, 3.05) is 19.5 Å². The third-order valence-electron chi connectivity index (χ3n) is 2.92. The molecular weight excluding hydrogens is 261 g/mol. The van der Waals surface area contributed by atoms with Crippen molar-refractivity contribution in [3.8, 4) is 0 Å². The standard InChI is InChI=1S/C11H22FNO4S/c1-6(5-14)10(16)11(17)9(7(2)18-3)13-8(15)4-12/h6-7,9-11,14,16-17H,4-5H2,1-3H3,(H,13,15). The largest absolute Gasteiger partial charge is 0.396 e. The van der Waals surface area contributed by atoms with Crippen LogP contribution in [-0.4, -0.2) is 64.3 Å². The fraction of sp³-hybridized carbons (Fsp3) is 0.909. The summed E-state index contributed by atoms with van der Waals surface area (Å²) in [6, 6.07) is -0.771. The molecule has 0 bridgehead atoms. The topological polar surface area (TPSA) is 89.8 Å². The minimum absolute atomic E-state index is 0.198. The van der Waals surface area contributed by atoms with Gasteiger partial charge in [0, 0.05) is 17.8 Å². The van der Waals surface area contributed by atoms with E-state index in [1.807, 2.05) is 0 Å². The van der Waals surface area contributed by atoms with E-state index in [9.17, 15) is 19.4 Å². The summed E-state index contributed by atoms with van der Waals surface area (Å²) < 4.78 is 12.2. The number of thioether (sulfide) groups is 1. The van der Waals surface area contributed by atoms with Crippen LogP contribution in [0.5, 0.6) is 0 Å². The first kappa shape index (κ1) is 17.6. The van der Waals surface area contributed by atoms with Gasteiger partial charge in [-0.25, -0.2) is 4.39 Å². The number of aliphatic hydroxyl groups excluding tert-OH is 3. The summed E-state index contributed by atoms with van der Waals surface area (Å²) in [7, 11) is 0. The smallest absolute Gasteiger partial charge is 0.251 e. The molecule has 0 aromatic carbocycles. The molecule has 5 unspecified atom stereocenters. The zero-order valence-electron chi connectivity index (χ0n) is 10.8. The Morgan fingerprint density at radius 3 is 2.28 bits per heavy atom. The molecule has 0 aliphatic heterocycles. The molecule has 0 spiro atoms. The SMILES string of the molecule is CSC(C)C(NC(=O)CF)C(O)C(O)C(C)CO. The molecular formula is C11H22FNO4S. The quantitative estimate of drug-likeness (QED) is 0.484. The molecule has 5 nitrogen and oxygen atoms in total. The van der Waals surface area contributed by atoms with Gasteiger partial charge >= 0.3 is 0 Å². The first-order chi connectivity index (χ1) is 8.38. The van der Waals surface area contributed by atoms with Crippen molar-refractivity contribution >= 4 is 17.7 Å². The van der Waals surface area contributed by atoms with Gasteiger partial charge in [0.1, 0.15) is 6.10 Å². The van der Waals surface area contributed by atoms with Crippen molar-refractivity contribution in [2.24, 2.45) is 5.92 Å².